The highest BCUT2D eigenvalue weighted by molar-refractivity contribution is 9.10. The molecule has 0 amide bonds. The topological polar surface area (TPSA) is 55.0 Å². The molecule has 0 saturated heterocycles. The molecule has 0 bridgehead atoms. The zero-order chi connectivity index (χ0) is 14.1. The molecule has 0 atom stereocenters. The number of nitrogens with zero attached hydrogens (tertiary/aromatic N) is 1. The van der Waals surface area contributed by atoms with E-state index in [1.807, 2.05) is 0 Å². The van der Waals surface area contributed by atoms with Crippen molar-refractivity contribution in [3.05, 3.63) is 56.1 Å². The maximum Gasteiger partial charge on any atom is 0.268 e. The molecule has 1 N–H and O–H groups in total. The second-order valence-corrected chi connectivity index (χ2v) is 5.87. The van der Waals surface area contributed by atoms with Gasteiger partial charge in [0.15, 0.2) is 0 Å². The predicted molar refractivity (Wildman–Crippen MR) is 78.7 cm³/mol. The largest absolute Gasteiger partial charge is 0.486 e. The summed E-state index contributed by atoms with van der Waals surface area (Å²) in [7, 11) is 0. The number of aromatic amines is 1. The van der Waals surface area contributed by atoms with Crippen molar-refractivity contribution in [3.63, 3.8) is 0 Å². The lowest BCUT2D eigenvalue weighted by Crippen LogP contribution is -2.12. The molecule has 0 spiro atoms. The van der Waals surface area contributed by atoms with Crippen molar-refractivity contribution in [2.45, 2.75) is 6.61 Å². The Bertz CT molecular complexity index is 810. The van der Waals surface area contributed by atoms with Gasteiger partial charge in [-0.2, -0.15) is 0 Å². The van der Waals surface area contributed by atoms with Crippen molar-refractivity contribution >= 4 is 37.5 Å². The Labute approximate surface area is 125 Å². The molecule has 0 aliphatic heterocycles. The summed E-state index contributed by atoms with van der Waals surface area (Å²) >= 11 is 4.52. The second kappa shape index (κ2) is 5.34. The van der Waals surface area contributed by atoms with Crippen LogP contribution in [0.5, 0.6) is 5.75 Å². The van der Waals surface area contributed by atoms with Crippen LogP contribution >= 0.6 is 27.3 Å². The number of rotatable bonds is 3. The van der Waals surface area contributed by atoms with Crippen LogP contribution in [-0.4, -0.2) is 9.97 Å². The van der Waals surface area contributed by atoms with Crippen LogP contribution < -0.4 is 10.3 Å². The van der Waals surface area contributed by atoms with Crippen LogP contribution in [0.3, 0.4) is 0 Å². The lowest BCUT2D eigenvalue weighted by molar-refractivity contribution is 0.294. The van der Waals surface area contributed by atoms with Crippen LogP contribution in [-0.2, 0) is 6.61 Å². The SMILES string of the molecule is O=c1[nH]c(COc2cc(F)cc(Br)c2)nc2ccsc12. The first-order valence-corrected chi connectivity index (χ1v) is 7.34. The number of H-pyrrole nitrogens is 1. The number of hydrogen-bond acceptors (Lipinski definition) is 4. The van der Waals surface area contributed by atoms with Gasteiger partial charge in [0.25, 0.3) is 5.56 Å². The van der Waals surface area contributed by atoms with E-state index in [1.165, 1.54) is 23.5 Å². The van der Waals surface area contributed by atoms with Gasteiger partial charge >= 0.3 is 0 Å². The zero-order valence-electron chi connectivity index (χ0n) is 10.0. The summed E-state index contributed by atoms with van der Waals surface area (Å²) in [4.78, 5) is 18.7. The minimum atomic E-state index is -0.399. The summed E-state index contributed by atoms with van der Waals surface area (Å²) in [6.07, 6.45) is 0. The lowest BCUT2D eigenvalue weighted by Gasteiger charge is -2.06. The van der Waals surface area contributed by atoms with E-state index in [4.69, 9.17) is 4.74 Å². The molecule has 0 radical (unpaired) electrons. The van der Waals surface area contributed by atoms with Gasteiger partial charge in [-0.25, -0.2) is 9.37 Å². The molecular weight excluding hydrogens is 347 g/mol. The van der Waals surface area contributed by atoms with Crippen LogP contribution in [0.2, 0.25) is 0 Å². The van der Waals surface area contributed by atoms with E-state index >= 15 is 0 Å². The maximum atomic E-state index is 13.2. The first-order chi connectivity index (χ1) is 9.61. The minimum absolute atomic E-state index is 0.0664. The van der Waals surface area contributed by atoms with Gasteiger partial charge in [0.1, 0.15) is 28.7 Å². The highest BCUT2D eigenvalue weighted by atomic mass is 79.9. The molecule has 4 nitrogen and oxygen atoms in total. The summed E-state index contributed by atoms with van der Waals surface area (Å²) in [5, 5.41) is 1.81. The average molecular weight is 355 g/mol. The summed E-state index contributed by atoms with van der Waals surface area (Å²) in [5.41, 5.74) is 0.446. The minimum Gasteiger partial charge on any atom is -0.486 e. The van der Waals surface area contributed by atoms with Crippen LogP contribution in [0, 0.1) is 5.82 Å². The monoisotopic (exact) mass is 354 g/mol. The molecule has 2 aromatic heterocycles. The van der Waals surface area contributed by atoms with Gasteiger partial charge in [0.2, 0.25) is 0 Å². The van der Waals surface area contributed by atoms with Crippen LogP contribution in [0.1, 0.15) is 5.82 Å². The van der Waals surface area contributed by atoms with E-state index < -0.39 is 5.82 Å². The number of thiophene rings is 1. The van der Waals surface area contributed by atoms with Crippen molar-refractivity contribution in [1.82, 2.24) is 9.97 Å². The molecule has 1 aromatic carbocycles. The Morgan fingerprint density at radius 1 is 1.40 bits per heavy atom. The third kappa shape index (κ3) is 2.73. The van der Waals surface area contributed by atoms with Crippen molar-refractivity contribution in [2.24, 2.45) is 0 Å². The number of halogens is 2. The van der Waals surface area contributed by atoms with Crippen molar-refractivity contribution < 1.29 is 9.13 Å². The van der Waals surface area contributed by atoms with Gasteiger partial charge in [-0.1, -0.05) is 15.9 Å². The Morgan fingerprint density at radius 3 is 3.05 bits per heavy atom. The molecule has 0 aliphatic carbocycles. The van der Waals surface area contributed by atoms with Gasteiger partial charge < -0.3 is 9.72 Å². The highest BCUT2D eigenvalue weighted by Gasteiger charge is 2.06. The third-order valence-corrected chi connectivity index (χ3v) is 3.94. The van der Waals surface area contributed by atoms with E-state index in [9.17, 15) is 9.18 Å². The first-order valence-electron chi connectivity index (χ1n) is 5.67. The summed E-state index contributed by atoms with van der Waals surface area (Å²) < 4.78 is 19.8. The van der Waals surface area contributed by atoms with E-state index in [2.05, 4.69) is 25.9 Å². The number of hydrogen-bond donors (Lipinski definition) is 1. The van der Waals surface area contributed by atoms with Crippen molar-refractivity contribution in [2.75, 3.05) is 0 Å². The quantitative estimate of drug-likeness (QED) is 0.783. The Hall–Kier alpha value is -1.73. The Morgan fingerprint density at radius 2 is 2.25 bits per heavy atom. The Kier molecular flexibility index (Phi) is 3.54. The van der Waals surface area contributed by atoms with Gasteiger partial charge in [-0.3, -0.25) is 4.79 Å². The Balaban J connectivity index is 1.84. The van der Waals surface area contributed by atoms with Gasteiger partial charge in [0, 0.05) is 10.5 Å². The molecule has 0 saturated carbocycles. The summed E-state index contributed by atoms with van der Waals surface area (Å²) in [6, 6.07) is 6.03. The molecule has 2 heterocycles. The average Bonchev–Trinajstić information content (AvgIpc) is 2.84. The molecule has 3 rings (SSSR count). The summed E-state index contributed by atoms with van der Waals surface area (Å²) in [5.74, 6) is 0.371. The first kappa shape index (κ1) is 13.3. The fourth-order valence-electron chi connectivity index (χ4n) is 1.75. The normalized spacial score (nSPS) is 10.9. The van der Waals surface area contributed by atoms with Crippen LogP contribution in [0.25, 0.3) is 10.2 Å². The van der Waals surface area contributed by atoms with Gasteiger partial charge in [-0.15, -0.1) is 11.3 Å². The van der Waals surface area contributed by atoms with Gasteiger partial charge in [0.05, 0.1) is 5.52 Å². The van der Waals surface area contributed by atoms with Crippen molar-refractivity contribution in [1.29, 1.82) is 0 Å². The molecule has 20 heavy (non-hydrogen) atoms. The second-order valence-electron chi connectivity index (χ2n) is 4.04. The van der Waals surface area contributed by atoms with E-state index in [0.29, 0.717) is 26.3 Å². The number of benzene rings is 1. The number of nitrogens with one attached hydrogen (secondary N) is 1. The molecule has 0 unspecified atom stereocenters. The zero-order valence-corrected chi connectivity index (χ0v) is 12.4. The van der Waals surface area contributed by atoms with E-state index in [1.54, 1.807) is 17.5 Å². The standard InChI is InChI=1S/C13H8BrFN2O2S/c14-7-3-8(15)5-9(4-7)19-6-11-16-10-1-2-20-12(10)13(18)17-11/h1-5H,6H2,(H,16,17,18). The maximum absolute atomic E-state index is 13.2. The molecular formula is C13H8BrFN2O2S. The number of aromatic nitrogens is 2. The molecule has 3 aromatic rings. The van der Waals surface area contributed by atoms with Gasteiger partial charge in [-0.05, 0) is 23.6 Å². The summed E-state index contributed by atoms with van der Waals surface area (Å²) in [6.45, 7) is 0.0664. The van der Waals surface area contributed by atoms with E-state index in [-0.39, 0.29) is 12.2 Å². The highest BCUT2D eigenvalue weighted by Crippen LogP contribution is 2.21. The van der Waals surface area contributed by atoms with Crippen LogP contribution in [0.15, 0.2) is 38.9 Å². The lowest BCUT2D eigenvalue weighted by atomic mass is 10.3. The number of ether oxygens (including phenoxy) is 1. The molecule has 0 fully saturated rings. The van der Waals surface area contributed by atoms with Crippen LogP contribution in [0.4, 0.5) is 4.39 Å². The molecule has 7 heteroatoms. The molecule has 0 aliphatic rings. The molecule has 102 valence electrons. The fourth-order valence-corrected chi connectivity index (χ4v) is 2.92. The smallest absolute Gasteiger partial charge is 0.268 e. The third-order valence-electron chi connectivity index (χ3n) is 2.58. The predicted octanol–water partition coefficient (Wildman–Crippen LogP) is 3.47. The van der Waals surface area contributed by atoms with Crippen molar-refractivity contribution in [3.8, 4) is 5.75 Å². The fraction of sp³-hybridized carbons (Fsp3) is 0.0769. The number of fused-ring (bicyclic) bond motifs is 1. The van der Waals surface area contributed by atoms with E-state index in [0.717, 1.165) is 0 Å².